The predicted molar refractivity (Wildman–Crippen MR) is 70.0 cm³/mol. The van der Waals surface area contributed by atoms with E-state index in [0.717, 1.165) is 30.5 Å². The smallest absolute Gasteiger partial charge is 0.268 e. The van der Waals surface area contributed by atoms with Gasteiger partial charge in [-0.1, -0.05) is 18.1 Å². The molecule has 2 heterocycles. The van der Waals surface area contributed by atoms with E-state index in [1.54, 1.807) is 6.07 Å². The molecule has 1 N–H and O–H groups in total. The first-order valence-corrected chi connectivity index (χ1v) is 6.94. The van der Waals surface area contributed by atoms with Crippen LogP contribution in [0.3, 0.4) is 0 Å². The van der Waals surface area contributed by atoms with Crippen LogP contribution in [0, 0.1) is 5.92 Å². The van der Waals surface area contributed by atoms with Gasteiger partial charge < -0.3 is 4.52 Å². The molecule has 2 aromatic rings. The summed E-state index contributed by atoms with van der Waals surface area (Å²) < 4.78 is 5.26. The topological polar surface area (TPSA) is 55.1 Å². The summed E-state index contributed by atoms with van der Waals surface area (Å²) in [5.74, 6) is 1.02. The average Bonchev–Trinajstić information content (AvgIpc) is 2.99. The Morgan fingerprint density at radius 2 is 2.50 bits per heavy atom. The second kappa shape index (κ2) is 4.57. The Balaban J connectivity index is 1.82. The highest BCUT2D eigenvalue weighted by Crippen LogP contribution is 2.30. The molecule has 0 saturated carbocycles. The lowest BCUT2D eigenvalue weighted by atomic mass is 9.89. The number of amides is 1. The quantitative estimate of drug-likeness (QED) is 0.904. The summed E-state index contributed by atoms with van der Waals surface area (Å²) >= 11 is 1.42. The molecule has 0 radical (unpaired) electrons. The lowest BCUT2D eigenvalue weighted by molar-refractivity contribution is 0.102. The number of thiophene rings is 1. The number of hydrogen-bond donors (Lipinski definition) is 1. The van der Waals surface area contributed by atoms with E-state index in [-0.39, 0.29) is 5.91 Å². The van der Waals surface area contributed by atoms with Crippen molar-refractivity contribution in [2.24, 2.45) is 5.92 Å². The first-order chi connectivity index (χ1) is 8.74. The molecule has 0 bridgehead atoms. The van der Waals surface area contributed by atoms with Gasteiger partial charge in [-0.25, -0.2) is 0 Å². The van der Waals surface area contributed by atoms with E-state index >= 15 is 0 Å². The molecular formula is C13H14N2O2S. The Hall–Kier alpha value is -1.62. The number of hydrogen-bond acceptors (Lipinski definition) is 4. The summed E-state index contributed by atoms with van der Waals surface area (Å²) in [6.45, 7) is 2.21. The summed E-state index contributed by atoms with van der Waals surface area (Å²) in [7, 11) is 0. The van der Waals surface area contributed by atoms with Gasteiger partial charge in [0, 0.05) is 5.56 Å². The van der Waals surface area contributed by atoms with Crippen LogP contribution >= 0.6 is 11.3 Å². The Kier molecular flexibility index (Phi) is 2.91. The average molecular weight is 262 g/mol. The number of fused-ring (bicyclic) bond motifs is 1. The number of nitrogens with one attached hydrogen (secondary N) is 1. The maximum absolute atomic E-state index is 12.0. The molecule has 0 aromatic carbocycles. The van der Waals surface area contributed by atoms with Gasteiger partial charge in [0.25, 0.3) is 5.91 Å². The maximum Gasteiger partial charge on any atom is 0.268 e. The molecule has 4 nitrogen and oxygen atoms in total. The molecule has 0 unspecified atom stereocenters. The van der Waals surface area contributed by atoms with Gasteiger partial charge in [-0.2, -0.15) is 0 Å². The minimum atomic E-state index is -0.123. The first kappa shape index (κ1) is 11.5. The minimum absolute atomic E-state index is 0.123. The zero-order chi connectivity index (χ0) is 12.5. The second-order valence-corrected chi connectivity index (χ2v) is 5.66. The molecule has 0 saturated heterocycles. The molecule has 2 aromatic heterocycles. The minimum Gasteiger partial charge on any atom is -0.338 e. The number of nitrogens with zero attached hydrogens (tertiary/aromatic N) is 1. The molecular weight excluding hydrogens is 248 g/mol. The highest BCUT2D eigenvalue weighted by molar-refractivity contribution is 7.12. The van der Waals surface area contributed by atoms with Gasteiger partial charge >= 0.3 is 0 Å². The molecule has 0 fully saturated rings. The Morgan fingerprint density at radius 3 is 3.28 bits per heavy atom. The van der Waals surface area contributed by atoms with Crippen molar-refractivity contribution >= 4 is 23.1 Å². The lowest BCUT2D eigenvalue weighted by Gasteiger charge is -2.16. The van der Waals surface area contributed by atoms with E-state index in [2.05, 4.69) is 17.4 Å². The number of rotatable bonds is 2. The molecule has 0 spiro atoms. The summed E-state index contributed by atoms with van der Waals surface area (Å²) in [5.41, 5.74) is 2.06. The third-order valence-corrected chi connectivity index (χ3v) is 4.14. The van der Waals surface area contributed by atoms with Gasteiger partial charge in [0.1, 0.15) is 0 Å². The molecule has 1 amide bonds. The number of aromatic nitrogens is 1. The van der Waals surface area contributed by atoms with Crippen LogP contribution in [0.2, 0.25) is 0 Å². The van der Waals surface area contributed by atoms with Crippen molar-refractivity contribution in [1.82, 2.24) is 5.16 Å². The summed E-state index contributed by atoms with van der Waals surface area (Å²) in [6, 6.07) is 3.66. The first-order valence-electron chi connectivity index (χ1n) is 6.06. The Morgan fingerprint density at radius 1 is 1.61 bits per heavy atom. The fourth-order valence-corrected chi connectivity index (χ4v) is 2.87. The molecule has 1 atom stereocenters. The second-order valence-electron chi connectivity index (χ2n) is 4.72. The van der Waals surface area contributed by atoms with Crippen molar-refractivity contribution in [2.45, 2.75) is 26.2 Å². The third-order valence-electron chi connectivity index (χ3n) is 3.27. The van der Waals surface area contributed by atoms with Gasteiger partial charge in [-0.3, -0.25) is 10.1 Å². The van der Waals surface area contributed by atoms with Gasteiger partial charge in [0.15, 0.2) is 0 Å². The van der Waals surface area contributed by atoms with Crippen LogP contribution in [0.1, 0.15) is 34.3 Å². The molecule has 3 rings (SSSR count). The molecule has 1 aliphatic carbocycles. The number of carbonyl (C=O) groups is 1. The van der Waals surface area contributed by atoms with Crippen molar-refractivity contribution in [3.63, 3.8) is 0 Å². The van der Waals surface area contributed by atoms with Crippen LogP contribution in [0.25, 0.3) is 0 Å². The van der Waals surface area contributed by atoms with E-state index in [9.17, 15) is 4.79 Å². The lowest BCUT2D eigenvalue weighted by Crippen LogP contribution is -2.15. The SMILES string of the molecule is C[C@@H]1CCc2noc(NC(=O)c3cccs3)c2C1. The monoisotopic (exact) mass is 262 g/mol. The van der Waals surface area contributed by atoms with Crippen molar-refractivity contribution < 1.29 is 9.32 Å². The molecule has 94 valence electrons. The van der Waals surface area contributed by atoms with Crippen LogP contribution in [0.15, 0.2) is 22.0 Å². The Bertz CT molecular complexity index is 560. The fraction of sp³-hybridized carbons (Fsp3) is 0.385. The standard InChI is InChI=1S/C13H14N2O2S/c1-8-4-5-10-9(7-8)13(17-15-10)14-12(16)11-3-2-6-18-11/h2-3,6,8H,4-5,7H2,1H3,(H,14,16)/t8-/m1/s1. The Labute approximate surface area is 109 Å². The van der Waals surface area contributed by atoms with E-state index in [1.165, 1.54) is 11.3 Å². The van der Waals surface area contributed by atoms with Gasteiger partial charge in [0.05, 0.1) is 10.6 Å². The number of carbonyl (C=O) groups excluding carboxylic acids is 1. The van der Waals surface area contributed by atoms with Crippen LogP contribution < -0.4 is 5.32 Å². The summed E-state index contributed by atoms with van der Waals surface area (Å²) in [5, 5.41) is 8.74. The highest BCUT2D eigenvalue weighted by atomic mass is 32.1. The van der Waals surface area contributed by atoms with Gasteiger partial charge in [0.2, 0.25) is 5.88 Å². The number of aryl methyl sites for hydroxylation is 1. The van der Waals surface area contributed by atoms with Gasteiger partial charge in [-0.05, 0) is 36.6 Å². The van der Waals surface area contributed by atoms with Crippen molar-refractivity contribution in [3.05, 3.63) is 33.6 Å². The number of anilines is 1. The predicted octanol–water partition coefficient (Wildman–Crippen LogP) is 3.11. The van der Waals surface area contributed by atoms with Crippen LogP contribution in [0.4, 0.5) is 5.88 Å². The molecule has 0 aliphatic heterocycles. The fourth-order valence-electron chi connectivity index (χ4n) is 2.25. The summed E-state index contributed by atoms with van der Waals surface area (Å²) in [6.07, 6.45) is 3.01. The van der Waals surface area contributed by atoms with E-state index in [4.69, 9.17) is 4.52 Å². The van der Waals surface area contributed by atoms with E-state index in [1.807, 2.05) is 11.4 Å². The van der Waals surface area contributed by atoms with Crippen molar-refractivity contribution in [2.75, 3.05) is 5.32 Å². The highest BCUT2D eigenvalue weighted by Gasteiger charge is 2.24. The zero-order valence-corrected chi connectivity index (χ0v) is 10.9. The van der Waals surface area contributed by atoms with Crippen LogP contribution in [-0.4, -0.2) is 11.1 Å². The van der Waals surface area contributed by atoms with E-state index in [0.29, 0.717) is 16.7 Å². The largest absolute Gasteiger partial charge is 0.338 e. The third kappa shape index (κ3) is 2.06. The zero-order valence-electron chi connectivity index (χ0n) is 10.1. The van der Waals surface area contributed by atoms with E-state index < -0.39 is 0 Å². The normalized spacial score (nSPS) is 18.4. The van der Waals surface area contributed by atoms with Crippen LogP contribution in [-0.2, 0) is 12.8 Å². The molecule has 1 aliphatic rings. The molecule has 18 heavy (non-hydrogen) atoms. The van der Waals surface area contributed by atoms with Crippen molar-refractivity contribution in [1.29, 1.82) is 0 Å². The summed E-state index contributed by atoms with van der Waals surface area (Å²) in [4.78, 5) is 12.6. The molecule has 5 heteroatoms. The van der Waals surface area contributed by atoms with Crippen molar-refractivity contribution in [3.8, 4) is 0 Å². The maximum atomic E-state index is 12.0. The van der Waals surface area contributed by atoms with Crippen LogP contribution in [0.5, 0.6) is 0 Å². The van der Waals surface area contributed by atoms with Gasteiger partial charge in [-0.15, -0.1) is 11.3 Å².